The third-order valence-corrected chi connectivity index (χ3v) is 1.91. The van der Waals surface area contributed by atoms with Crippen LogP contribution in [0.15, 0.2) is 10.6 Å². The normalized spacial score (nSPS) is 13.6. The van der Waals surface area contributed by atoms with Crippen molar-refractivity contribution in [3.8, 4) is 0 Å². The van der Waals surface area contributed by atoms with E-state index in [2.05, 4.69) is 19.0 Å². The van der Waals surface area contributed by atoms with Gasteiger partial charge in [-0.05, 0) is 19.3 Å². The zero-order valence-corrected chi connectivity index (χ0v) is 8.58. The highest BCUT2D eigenvalue weighted by molar-refractivity contribution is 5.04. The Labute approximate surface area is 79.3 Å². The second-order valence-corrected chi connectivity index (χ2v) is 4.03. The van der Waals surface area contributed by atoms with E-state index in [0.717, 1.165) is 24.3 Å². The minimum absolute atomic E-state index is 0.187. The van der Waals surface area contributed by atoms with Gasteiger partial charge in [0.05, 0.1) is 5.69 Å². The average molecular weight is 182 g/mol. The second-order valence-electron chi connectivity index (χ2n) is 4.03. The zero-order chi connectivity index (χ0) is 9.84. The van der Waals surface area contributed by atoms with Crippen LogP contribution < -0.4 is 5.73 Å². The fraction of sp³-hybridized carbons (Fsp3) is 0.700. The van der Waals surface area contributed by atoms with Crippen molar-refractivity contribution in [1.82, 2.24) is 5.16 Å². The first-order chi connectivity index (χ1) is 6.08. The number of nitrogens with two attached hydrogens (primary N) is 1. The largest absolute Gasteiger partial charge is 0.361 e. The van der Waals surface area contributed by atoms with Crippen LogP contribution in [0, 0.1) is 12.8 Å². The molecule has 1 atom stereocenters. The molecule has 74 valence electrons. The Morgan fingerprint density at radius 1 is 1.54 bits per heavy atom. The van der Waals surface area contributed by atoms with Crippen LogP contribution in [0.4, 0.5) is 0 Å². The molecule has 0 aliphatic heterocycles. The van der Waals surface area contributed by atoms with Crippen LogP contribution in [-0.4, -0.2) is 11.2 Å². The van der Waals surface area contributed by atoms with Gasteiger partial charge in [0.25, 0.3) is 0 Å². The summed E-state index contributed by atoms with van der Waals surface area (Å²) in [7, 11) is 0. The zero-order valence-electron chi connectivity index (χ0n) is 8.58. The van der Waals surface area contributed by atoms with Crippen molar-refractivity contribution in [1.29, 1.82) is 0 Å². The highest BCUT2D eigenvalue weighted by Gasteiger charge is 2.09. The monoisotopic (exact) mass is 182 g/mol. The molecule has 0 spiro atoms. The lowest BCUT2D eigenvalue weighted by Crippen LogP contribution is -2.24. The summed E-state index contributed by atoms with van der Waals surface area (Å²) in [6.45, 7) is 6.26. The first kappa shape index (κ1) is 10.3. The van der Waals surface area contributed by atoms with Gasteiger partial charge in [-0.3, -0.25) is 0 Å². The fourth-order valence-electron chi connectivity index (χ4n) is 1.46. The third-order valence-electron chi connectivity index (χ3n) is 1.91. The SMILES string of the molecule is Cc1cc(C[C@@H](N)CC(C)C)on1. The highest BCUT2D eigenvalue weighted by atomic mass is 16.5. The minimum Gasteiger partial charge on any atom is -0.361 e. The van der Waals surface area contributed by atoms with E-state index in [0.29, 0.717) is 5.92 Å². The molecule has 1 aromatic rings. The first-order valence-electron chi connectivity index (χ1n) is 4.75. The predicted molar refractivity (Wildman–Crippen MR) is 52.4 cm³/mol. The summed E-state index contributed by atoms with van der Waals surface area (Å²) in [5.74, 6) is 1.53. The topological polar surface area (TPSA) is 52.0 Å². The lowest BCUT2D eigenvalue weighted by atomic mass is 10.0. The maximum Gasteiger partial charge on any atom is 0.138 e. The van der Waals surface area contributed by atoms with Gasteiger partial charge in [-0.1, -0.05) is 19.0 Å². The molecule has 2 N–H and O–H groups in total. The van der Waals surface area contributed by atoms with Crippen molar-refractivity contribution in [2.75, 3.05) is 0 Å². The van der Waals surface area contributed by atoms with Gasteiger partial charge >= 0.3 is 0 Å². The smallest absolute Gasteiger partial charge is 0.138 e. The van der Waals surface area contributed by atoms with Crippen molar-refractivity contribution in [3.05, 3.63) is 17.5 Å². The molecular formula is C10H18N2O. The molecule has 3 heteroatoms. The summed E-state index contributed by atoms with van der Waals surface area (Å²) in [6.07, 6.45) is 1.82. The number of hydrogen-bond donors (Lipinski definition) is 1. The van der Waals surface area contributed by atoms with Crippen LogP contribution in [0.1, 0.15) is 31.7 Å². The van der Waals surface area contributed by atoms with Gasteiger partial charge in [0.2, 0.25) is 0 Å². The molecule has 1 heterocycles. The van der Waals surface area contributed by atoms with E-state index in [-0.39, 0.29) is 6.04 Å². The van der Waals surface area contributed by atoms with Crippen molar-refractivity contribution < 1.29 is 4.52 Å². The number of aromatic nitrogens is 1. The maximum atomic E-state index is 5.93. The lowest BCUT2D eigenvalue weighted by molar-refractivity contribution is 0.361. The van der Waals surface area contributed by atoms with Crippen molar-refractivity contribution >= 4 is 0 Å². The Morgan fingerprint density at radius 2 is 2.23 bits per heavy atom. The lowest BCUT2D eigenvalue weighted by Gasteiger charge is -2.11. The molecule has 0 aromatic carbocycles. The summed E-state index contributed by atoms with van der Waals surface area (Å²) in [6, 6.07) is 2.13. The van der Waals surface area contributed by atoms with Gasteiger partial charge in [-0.25, -0.2) is 0 Å². The quantitative estimate of drug-likeness (QED) is 0.773. The van der Waals surface area contributed by atoms with E-state index in [4.69, 9.17) is 10.3 Å². The van der Waals surface area contributed by atoms with Gasteiger partial charge in [-0.2, -0.15) is 0 Å². The van der Waals surface area contributed by atoms with Crippen LogP contribution in [0.25, 0.3) is 0 Å². The van der Waals surface area contributed by atoms with Crippen LogP contribution in [0.2, 0.25) is 0 Å². The van der Waals surface area contributed by atoms with E-state index < -0.39 is 0 Å². The predicted octanol–water partition coefficient (Wildman–Crippen LogP) is 1.90. The summed E-state index contributed by atoms with van der Waals surface area (Å²) >= 11 is 0. The Bertz CT molecular complexity index is 255. The summed E-state index contributed by atoms with van der Waals surface area (Å²) < 4.78 is 5.09. The van der Waals surface area contributed by atoms with E-state index in [9.17, 15) is 0 Å². The van der Waals surface area contributed by atoms with E-state index >= 15 is 0 Å². The standard InChI is InChI=1S/C10H18N2O/c1-7(2)4-9(11)6-10-5-8(3)12-13-10/h5,7,9H,4,6,11H2,1-3H3/t9-/m0/s1. The molecule has 1 aromatic heterocycles. The van der Waals surface area contributed by atoms with Crippen molar-refractivity contribution in [3.63, 3.8) is 0 Å². The summed E-state index contributed by atoms with van der Waals surface area (Å²) in [5, 5.41) is 3.82. The molecule has 3 nitrogen and oxygen atoms in total. The van der Waals surface area contributed by atoms with Gasteiger partial charge in [0, 0.05) is 18.5 Å². The Balaban J connectivity index is 2.40. The molecule has 0 fully saturated rings. The Kier molecular flexibility index (Phi) is 3.48. The average Bonchev–Trinajstić information content (AvgIpc) is 2.33. The molecule has 0 unspecified atom stereocenters. The van der Waals surface area contributed by atoms with Crippen molar-refractivity contribution in [2.24, 2.45) is 11.7 Å². The maximum absolute atomic E-state index is 5.93. The molecule has 0 saturated heterocycles. The molecule has 0 bridgehead atoms. The van der Waals surface area contributed by atoms with E-state index in [1.807, 2.05) is 13.0 Å². The van der Waals surface area contributed by atoms with Crippen LogP contribution in [-0.2, 0) is 6.42 Å². The van der Waals surface area contributed by atoms with Gasteiger partial charge in [0.15, 0.2) is 0 Å². The highest BCUT2D eigenvalue weighted by Crippen LogP contribution is 2.10. The van der Waals surface area contributed by atoms with Gasteiger partial charge in [0.1, 0.15) is 5.76 Å². The molecule has 0 radical (unpaired) electrons. The Morgan fingerprint density at radius 3 is 2.69 bits per heavy atom. The number of nitrogens with zero attached hydrogens (tertiary/aromatic N) is 1. The fourth-order valence-corrected chi connectivity index (χ4v) is 1.46. The second kappa shape index (κ2) is 4.42. The molecular weight excluding hydrogens is 164 g/mol. The van der Waals surface area contributed by atoms with Gasteiger partial charge < -0.3 is 10.3 Å². The summed E-state index contributed by atoms with van der Waals surface area (Å²) in [4.78, 5) is 0. The van der Waals surface area contributed by atoms with Crippen LogP contribution in [0.5, 0.6) is 0 Å². The van der Waals surface area contributed by atoms with Crippen LogP contribution >= 0.6 is 0 Å². The minimum atomic E-state index is 0.187. The van der Waals surface area contributed by atoms with Gasteiger partial charge in [-0.15, -0.1) is 0 Å². The molecule has 13 heavy (non-hydrogen) atoms. The third kappa shape index (κ3) is 3.59. The van der Waals surface area contributed by atoms with E-state index in [1.165, 1.54) is 0 Å². The number of aryl methyl sites for hydroxylation is 1. The van der Waals surface area contributed by atoms with E-state index in [1.54, 1.807) is 0 Å². The molecule has 0 aliphatic carbocycles. The number of rotatable bonds is 4. The van der Waals surface area contributed by atoms with Crippen molar-refractivity contribution in [2.45, 2.75) is 39.7 Å². The molecule has 0 aliphatic rings. The first-order valence-corrected chi connectivity index (χ1v) is 4.75. The molecule has 0 saturated carbocycles. The molecule has 0 amide bonds. The summed E-state index contributed by atoms with van der Waals surface area (Å²) in [5.41, 5.74) is 6.85. The number of hydrogen-bond acceptors (Lipinski definition) is 3. The van der Waals surface area contributed by atoms with Crippen LogP contribution in [0.3, 0.4) is 0 Å². The molecule has 1 rings (SSSR count). The Hall–Kier alpha value is -0.830.